The summed E-state index contributed by atoms with van der Waals surface area (Å²) in [7, 11) is 1.92. The molecule has 22 heavy (non-hydrogen) atoms. The molecule has 6 heteroatoms. The second-order valence-corrected chi connectivity index (χ2v) is 5.45. The monoisotopic (exact) mass is 303 g/mol. The van der Waals surface area contributed by atoms with Crippen molar-refractivity contribution in [2.75, 3.05) is 6.61 Å². The lowest BCUT2D eigenvalue weighted by atomic mass is 10.2. The molecule has 1 N–H and O–H groups in total. The summed E-state index contributed by atoms with van der Waals surface area (Å²) >= 11 is 0. The Morgan fingerprint density at radius 2 is 2.23 bits per heavy atom. The van der Waals surface area contributed by atoms with Crippen LogP contribution >= 0.6 is 0 Å². The van der Waals surface area contributed by atoms with Crippen molar-refractivity contribution in [3.05, 3.63) is 47.5 Å². The van der Waals surface area contributed by atoms with Gasteiger partial charge < -0.3 is 10.1 Å². The zero-order valence-corrected chi connectivity index (χ0v) is 12.4. The number of amides is 1. The van der Waals surface area contributed by atoms with Gasteiger partial charge in [0, 0.05) is 18.7 Å². The molecule has 116 valence electrons. The highest BCUT2D eigenvalue weighted by molar-refractivity contribution is 5.77. The first-order chi connectivity index (χ1) is 10.6. The Balaban J connectivity index is 1.48. The van der Waals surface area contributed by atoms with E-state index >= 15 is 0 Å². The number of para-hydroxylation sites is 1. The van der Waals surface area contributed by atoms with Crippen molar-refractivity contribution < 1.29 is 13.9 Å². The van der Waals surface area contributed by atoms with Crippen LogP contribution in [0.25, 0.3) is 0 Å². The summed E-state index contributed by atoms with van der Waals surface area (Å²) in [6.07, 6.45) is 2.42. The third-order valence-electron chi connectivity index (χ3n) is 3.62. The van der Waals surface area contributed by atoms with Crippen molar-refractivity contribution in [2.45, 2.75) is 25.3 Å². The van der Waals surface area contributed by atoms with Gasteiger partial charge in [-0.1, -0.05) is 12.1 Å². The fourth-order valence-corrected chi connectivity index (χ4v) is 2.34. The lowest BCUT2D eigenvalue weighted by molar-refractivity contribution is -0.123. The van der Waals surface area contributed by atoms with Crippen LogP contribution in [0.1, 0.15) is 30.1 Å². The number of carbonyl (C=O) groups excluding carboxylic acids is 1. The molecule has 2 aromatic rings. The van der Waals surface area contributed by atoms with Crippen LogP contribution in [0.3, 0.4) is 0 Å². The second-order valence-electron chi connectivity index (χ2n) is 5.45. The van der Waals surface area contributed by atoms with E-state index in [-0.39, 0.29) is 18.3 Å². The van der Waals surface area contributed by atoms with Gasteiger partial charge in [0.15, 0.2) is 18.2 Å². The Morgan fingerprint density at radius 3 is 2.95 bits per heavy atom. The Kier molecular flexibility index (Phi) is 4.09. The predicted octanol–water partition coefficient (Wildman–Crippen LogP) is 2.13. The van der Waals surface area contributed by atoms with Crippen molar-refractivity contribution in [1.82, 2.24) is 15.1 Å². The van der Waals surface area contributed by atoms with Gasteiger partial charge >= 0.3 is 0 Å². The first-order valence-electron chi connectivity index (χ1n) is 7.30. The lowest BCUT2D eigenvalue weighted by Crippen LogP contribution is -2.28. The van der Waals surface area contributed by atoms with E-state index < -0.39 is 5.82 Å². The number of rotatable bonds is 6. The Hall–Kier alpha value is -2.37. The van der Waals surface area contributed by atoms with Gasteiger partial charge in [-0.25, -0.2) is 4.39 Å². The largest absolute Gasteiger partial charge is 0.481 e. The van der Waals surface area contributed by atoms with Crippen LogP contribution in [0.2, 0.25) is 0 Å². The smallest absolute Gasteiger partial charge is 0.258 e. The third kappa shape index (κ3) is 3.44. The quantitative estimate of drug-likeness (QED) is 0.889. The van der Waals surface area contributed by atoms with E-state index in [4.69, 9.17) is 4.74 Å². The molecular formula is C16H18FN3O2. The minimum absolute atomic E-state index is 0.0755. The normalized spacial score (nSPS) is 13.9. The summed E-state index contributed by atoms with van der Waals surface area (Å²) in [5, 5.41) is 7.10. The first kappa shape index (κ1) is 14.6. The molecular weight excluding hydrogens is 285 g/mol. The highest BCUT2D eigenvalue weighted by atomic mass is 19.1. The molecule has 0 spiro atoms. The second kappa shape index (κ2) is 6.17. The summed E-state index contributed by atoms with van der Waals surface area (Å²) in [4.78, 5) is 11.7. The molecule has 1 aliphatic rings. The molecule has 0 atom stereocenters. The van der Waals surface area contributed by atoms with Crippen LogP contribution in [0.5, 0.6) is 5.75 Å². The van der Waals surface area contributed by atoms with E-state index in [1.165, 1.54) is 30.7 Å². The minimum Gasteiger partial charge on any atom is -0.481 e. The number of carbonyl (C=O) groups is 1. The van der Waals surface area contributed by atoms with Gasteiger partial charge in [0.2, 0.25) is 0 Å². The van der Waals surface area contributed by atoms with Gasteiger partial charge in [-0.15, -0.1) is 0 Å². The number of nitrogens with one attached hydrogen (secondary N) is 1. The van der Waals surface area contributed by atoms with Gasteiger partial charge in [0.05, 0.1) is 12.2 Å². The molecule has 0 saturated heterocycles. The number of aryl methyl sites for hydroxylation is 1. The average Bonchev–Trinajstić information content (AvgIpc) is 3.28. The maximum absolute atomic E-state index is 13.4. The maximum atomic E-state index is 13.4. The molecule has 5 nitrogen and oxygen atoms in total. The zero-order chi connectivity index (χ0) is 15.5. The molecule has 1 fully saturated rings. The standard InChI is InChI=1S/C16H18FN3O2/c1-20-14(11-6-7-11)8-12(19-20)9-18-16(21)10-22-15-5-3-2-4-13(15)17/h2-5,8,11H,6-7,9-10H2,1H3,(H,18,21). The van der Waals surface area contributed by atoms with Gasteiger partial charge in [-0.2, -0.15) is 5.10 Å². The fourth-order valence-electron chi connectivity index (χ4n) is 2.34. The number of nitrogens with zero attached hydrogens (tertiary/aromatic N) is 2. The minimum atomic E-state index is -0.478. The molecule has 1 amide bonds. The number of halogens is 1. The van der Waals surface area contributed by atoms with E-state index in [1.54, 1.807) is 12.1 Å². The summed E-state index contributed by atoms with van der Waals surface area (Å²) < 4.78 is 20.4. The van der Waals surface area contributed by atoms with Crippen LogP contribution in [-0.4, -0.2) is 22.3 Å². The maximum Gasteiger partial charge on any atom is 0.258 e. The van der Waals surface area contributed by atoms with Crippen LogP contribution in [0.4, 0.5) is 4.39 Å². The Bertz CT molecular complexity index is 680. The van der Waals surface area contributed by atoms with Crippen molar-refractivity contribution in [3.63, 3.8) is 0 Å². The molecule has 1 aromatic carbocycles. The Morgan fingerprint density at radius 1 is 1.45 bits per heavy atom. The van der Waals surface area contributed by atoms with Gasteiger partial charge in [-0.3, -0.25) is 9.48 Å². The zero-order valence-electron chi connectivity index (χ0n) is 12.4. The van der Waals surface area contributed by atoms with E-state index in [9.17, 15) is 9.18 Å². The lowest BCUT2D eigenvalue weighted by Gasteiger charge is -2.07. The average molecular weight is 303 g/mol. The molecule has 1 heterocycles. The fraction of sp³-hybridized carbons (Fsp3) is 0.375. The highest BCUT2D eigenvalue weighted by Crippen LogP contribution is 2.39. The topological polar surface area (TPSA) is 56.2 Å². The van der Waals surface area contributed by atoms with E-state index in [0.717, 1.165) is 5.69 Å². The van der Waals surface area contributed by atoms with Crippen molar-refractivity contribution in [2.24, 2.45) is 7.05 Å². The molecule has 1 saturated carbocycles. The number of hydrogen-bond donors (Lipinski definition) is 1. The number of aromatic nitrogens is 2. The van der Waals surface area contributed by atoms with E-state index in [1.807, 2.05) is 17.8 Å². The SMILES string of the molecule is Cn1nc(CNC(=O)COc2ccccc2F)cc1C1CC1. The molecule has 0 bridgehead atoms. The van der Waals surface area contributed by atoms with E-state index in [2.05, 4.69) is 10.4 Å². The van der Waals surface area contributed by atoms with Crippen LogP contribution < -0.4 is 10.1 Å². The summed E-state index contributed by atoms with van der Waals surface area (Å²) in [6.45, 7) is 0.128. The Labute approximate surface area is 128 Å². The first-order valence-corrected chi connectivity index (χ1v) is 7.30. The number of ether oxygens (including phenoxy) is 1. The molecule has 1 aliphatic carbocycles. The van der Waals surface area contributed by atoms with Crippen molar-refractivity contribution >= 4 is 5.91 Å². The van der Waals surface area contributed by atoms with Gasteiger partial charge in [0.25, 0.3) is 5.91 Å². The highest BCUT2D eigenvalue weighted by Gasteiger charge is 2.27. The molecule has 0 unspecified atom stereocenters. The molecule has 1 aromatic heterocycles. The third-order valence-corrected chi connectivity index (χ3v) is 3.62. The summed E-state index contributed by atoms with van der Waals surface area (Å²) in [5.74, 6) is -0.0891. The van der Waals surface area contributed by atoms with Gasteiger partial charge in [0.1, 0.15) is 0 Å². The summed E-state index contributed by atoms with van der Waals surface area (Å²) in [5.41, 5.74) is 2.04. The molecule has 0 aliphatic heterocycles. The number of benzene rings is 1. The van der Waals surface area contributed by atoms with Crippen LogP contribution in [-0.2, 0) is 18.4 Å². The van der Waals surface area contributed by atoms with Crippen molar-refractivity contribution in [3.8, 4) is 5.75 Å². The molecule has 3 rings (SSSR count). The predicted molar refractivity (Wildman–Crippen MR) is 78.9 cm³/mol. The van der Waals surface area contributed by atoms with E-state index in [0.29, 0.717) is 12.5 Å². The van der Waals surface area contributed by atoms with Crippen LogP contribution in [0, 0.1) is 5.82 Å². The summed E-state index contributed by atoms with van der Waals surface area (Å²) in [6, 6.07) is 8.03. The molecule has 0 radical (unpaired) electrons. The van der Waals surface area contributed by atoms with Gasteiger partial charge in [-0.05, 0) is 31.0 Å². The van der Waals surface area contributed by atoms with Crippen LogP contribution in [0.15, 0.2) is 30.3 Å². The van der Waals surface area contributed by atoms with Crippen molar-refractivity contribution in [1.29, 1.82) is 0 Å². The number of hydrogen-bond acceptors (Lipinski definition) is 3.